The van der Waals surface area contributed by atoms with E-state index in [1.54, 1.807) is 0 Å². The summed E-state index contributed by atoms with van der Waals surface area (Å²) in [6, 6.07) is 9.40. The maximum atomic E-state index is 12.8. The molecule has 140 valence electrons. The maximum absolute atomic E-state index is 12.8. The Morgan fingerprint density at radius 1 is 1.19 bits per heavy atom. The number of nitrogens with two attached hydrogens (primary N) is 1. The minimum Gasteiger partial charge on any atom is -0.382 e. The third-order valence-corrected chi connectivity index (χ3v) is 3.89. The number of amides is 1. The minimum absolute atomic E-state index is 0.00292. The fraction of sp³-hybridized carbons (Fsp3) is 0.133. The molecule has 0 unspecified atom stereocenters. The van der Waals surface area contributed by atoms with Crippen LogP contribution in [-0.4, -0.2) is 31.1 Å². The molecule has 0 saturated carbocycles. The molecule has 0 spiro atoms. The summed E-state index contributed by atoms with van der Waals surface area (Å²) >= 11 is 2.65. The van der Waals surface area contributed by atoms with Gasteiger partial charge in [0, 0.05) is 6.42 Å². The lowest BCUT2D eigenvalue weighted by atomic mass is 10.1. The highest BCUT2D eigenvalue weighted by molar-refractivity contribution is 9.10. The predicted molar refractivity (Wildman–Crippen MR) is 92.7 cm³/mol. The molecule has 3 rings (SSSR count). The average molecular weight is 442 g/mol. The van der Waals surface area contributed by atoms with Crippen molar-refractivity contribution in [3.8, 4) is 0 Å². The smallest absolute Gasteiger partial charge is 0.382 e. The third kappa shape index (κ3) is 4.39. The van der Waals surface area contributed by atoms with Crippen LogP contribution in [0.15, 0.2) is 34.9 Å². The number of nitrogens with zero attached hydrogens (tertiary/aromatic N) is 4. The lowest BCUT2D eigenvalue weighted by Gasteiger charge is -2.10. The zero-order valence-electron chi connectivity index (χ0n) is 13.4. The Kier molecular flexibility index (Phi) is 5.08. The molecule has 0 bridgehead atoms. The topological polar surface area (TPSA) is 122 Å². The first-order valence-electron chi connectivity index (χ1n) is 7.41. The van der Waals surface area contributed by atoms with Crippen LogP contribution in [0.2, 0.25) is 0 Å². The van der Waals surface area contributed by atoms with Gasteiger partial charge >= 0.3 is 6.18 Å². The van der Waals surface area contributed by atoms with Crippen LogP contribution in [0, 0.1) is 0 Å². The Balaban J connectivity index is 1.75. The molecular formula is C15H11BrF3N7O. The molecule has 0 saturated heterocycles. The van der Waals surface area contributed by atoms with Crippen LogP contribution in [0.5, 0.6) is 0 Å². The second-order valence-corrected chi connectivity index (χ2v) is 6.06. The number of H-pyrrole nitrogens is 1. The molecule has 27 heavy (non-hydrogen) atoms. The highest BCUT2D eigenvalue weighted by atomic mass is 79.9. The number of hydrogen-bond acceptors (Lipinski definition) is 6. The number of alkyl halides is 3. The van der Waals surface area contributed by atoms with Gasteiger partial charge in [0.15, 0.2) is 23.0 Å². The Morgan fingerprint density at radius 2 is 1.89 bits per heavy atom. The number of hydrogen-bond donors (Lipinski definition) is 3. The van der Waals surface area contributed by atoms with Gasteiger partial charge in [0.1, 0.15) is 4.60 Å². The fourth-order valence-corrected chi connectivity index (χ4v) is 2.64. The molecule has 2 heterocycles. The maximum Gasteiger partial charge on any atom is 0.436 e. The number of rotatable bonds is 4. The van der Waals surface area contributed by atoms with Crippen molar-refractivity contribution in [3.05, 3.63) is 57.7 Å². The van der Waals surface area contributed by atoms with Crippen molar-refractivity contribution in [2.75, 3.05) is 11.1 Å². The van der Waals surface area contributed by atoms with Crippen molar-refractivity contribution >= 4 is 33.6 Å². The molecular weight excluding hydrogens is 431 g/mol. The van der Waals surface area contributed by atoms with E-state index >= 15 is 0 Å². The monoisotopic (exact) mass is 441 g/mol. The van der Waals surface area contributed by atoms with Crippen LogP contribution >= 0.6 is 15.9 Å². The second kappa shape index (κ2) is 7.31. The zero-order chi connectivity index (χ0) is 19.6. The van der Waals surface area contributed by atoms with Crippen LogP contribution in [0.3, 0.4) is 0 Å². The highest BCUT2D eigenvalue weighted by Crippen LogP contribution is 2.33. The van der Waals surface area contributed by atoms with Gasteiger partial charge in [-0.3, -0.25) is 10.1 Å². The van der Waals surface area contributed by atoms with Gasteiger partial charge in [-0.05, 0) is 21.5 Å². The van der Waals surface area contributed by atoms with E-state index < -0.39 is 33.9 Å². The number of carbonyl (C=O) groups excluding carboxylic acids is 1. The zero-order valence-corrected chi connectivity index (χ0v) is 15.0. The van der Waals surface area contributed by atoms with Crippen LogP contribution in [-0.2, 0) is 12.6 Å². The minimum atomic E-state index is -4.76. The first-order valence-corrected chi connectivity index (χ1v) is 8.20. The summed E-state index contributed by atoms with van der Waals surface area (Å²) in [6.07, 6.45) is -4.33. The molecule has 0 fully saturated rings. The number of anilines is 2. The molecule has 8 nitrogen and oxygen atoms in total. The molecule has 2 aromatic heterocycles. The molecule has 0 aliphatic heterocycles. The van der Waals surface area contributed by atoms with Gasteiger partial charge in [-0.25, -0.2) is 15.1 Å². The summed E-state index contributed by atoms with van der Waals surface area (Å²) in [7, 11) is 0. The van der Waals surface area contributed by atoms with E-state index in [9.17, 15) is 18.0 Å². The molecule has 0 atom stereocenters. The number of nitrogen functional groups attached to an aromatic ring is 1. The molecule has 0 aliphatic rings. The SMILES string of the molecule is Nc1nc(C(F)(F)F)c(Br)nc1C(=O)Nc1nc(Cc2ccccc2)n[nH]1. The fourth-order valence-electron chi connectivity index (χ4n) is 2.15. The Labute approximate surface area is 158 Å². The van der Waals surface area contributed by atoms with E-state index in [-0.39, 0.29) is 5.95 Å². The van der Waals surface area contributed by atoms with Crippen LogP contribution in [0.1, 0.15) is 27.6 Å². The second-order valence-electron chi connectivity index (χ2n) is 5.31. The van der Waals surface area contributed by atoms with Crippen molar-refractivity contribution in [1.29, 1.82) is 0 Å². The van der Waals surface area contributed by atoms with Gasteiger partial charge < -0.3 is 5.73 Å². The van der Waals surface area contributed by atoms with Gasteiger partial charge in [0.2, 0.25) is 5.95 Å². The largest absolute Gasteiger partial charge is 0.436 e. The first-order chi connectivity index (χ1) is 12.7. The number of halogens is 4. The number of aromatic nitrogens is 5. The summed E-state index contributed by atoms with van der Waals surface area (Å²) in [5.41, 5.74) is 4.62. The van der Waals surface area contributed by atoms with E-state index in [1.807, 2.05) is 30.3 Å². The summed E-state index contributed by atoms with van der Waals surface area (Å²) < 4.78 is 37.7. The Hall–Kier alpha value is -3.02. The van der Waals surface area contributed by atoms with Gasteiger partial charge in [-0.15, -0.1) is 0 Å². The summed E-state index contributed by atoms with van der Waals surface area (Å²) in [5.74, 6) is -1.11. The van der Waals surface area contributed by atoms with Gasteiger partial charge in [-0.2, -0.15) is 23.3 Å². The third-order valence-electron chi connectivity index (χ3n) is 3.33. The van der Waals surface area contributed by atoms with Gasteiger partial charge in [0.05, 0.1) is 0 Å². The molecule has 0 radical (unpaired) electrons. The van der Waals surface area contributed by atoms with Gasteiger partial charge in [0.25, 0.3) is 5.91 Å². The van der Waals surface area contributed by atoms with Crippen molar-refractivity contribution in [3.63, 3.8) is 0 Å². The molecule has 0 aliphatic carbocycles. The highest BCUT2D eigenvalue weighted by Gasteiger charge is 2.37. The molecule has 4 N–H and O–H groups in total. The molecule has 12 heteroatoms. The van der Waals surface area contributed by atoms with Gasteiger partial charge in [-0.1, -0.05) is 30.3 Å². The number of benzene rings is 1. The van der Waals surface area contributed by atoms with E-state index in [0.29, 0.717) is 12.2 Å². The standard InChI is InChI=1S/C15H11BrF3N7O/c16-11-10(15(17,18)19)23-12(20)9(22-11)13(27)24-14-21-8(25-26-14)6-7-4-2-1-3-5-7/h1-5H,6H2,(H2,20,23)(H2,21,24,25,26,27). The van der Waals surface area contributed by atoms with Crippen LogP contribution in [0.4, 0.5) is 24.9 Å². The number of nitrogens with one attached hydrogen (secondary N) is 2. The van der Waals surface area contributed by atoms with Crippen LogP contribution < -0.4 is 11.1 Å². The number of aromatic amines is 1. The van der Waals surface area contributed by atoms with E-state index in [0.717, 1.165) is 5.56 Å². The Bertz CT molecular complexity index is 975. The predicted octanol–water partition coefficient (Wildman–Crippen LogP) is 2.80. The van der Waals surface area contributed by atoms with E-state index in [2.05, 4.69) is 46.4 Å². The number of carbonyl (C=O) groups is 1. The average Bonchev–Trinajstić information content (AvgIpc) is 3.03. The molecule has 3 aromatic rings. The Morgan fingerprint density at radius 3 is 2.56 bits per heavy atom. The van der Waals surface area contributed by atoms with Crippen LogP contribution in [0.25, 0.3) is 0 Å². The lowest BCUT2D eigenvalue weighted by Crippen LogP contribution is -2.21. The van der Waals surface area contributed by atoms with Crippen molar-refractivity contribution in [1.82, 2.24) is 25.1 Å². The summed E-state index contributed by atoms with van der Waals surface area (Å²) in [5, 5.41) is 8.83. The van der Waals surface area contributed by atoms with E-state index in [4.69, 9.17) is 5.73 Å². The first kappa shape index (κ1) is 18.8. The quantitative estimate of drug-likeness (QED) is 0.571. The van der Waals surface area contributed by atoms with E-state index in [1.165, 1.54) is 0 Å². The molecule has 1 amide bonds. The summed E-state index contributed by atoms with van der Waals surface area (Å²) in [4.78, 5) is 23.1. The van der Waals surface area contributed by atoms with Crippen molar-refractivity contribution in [2.24, 2.45) is 0 Å². The lowest BCUT2D eigenvalue weighted by molar-refractivity contribution is -0.142. The normalized spacial score (nSPS) is 11.4. The van der Waals surface area contributed by atoms with Crippen molar-refractivity contribution in [2.45, 2.75) is 12.6 Å². The van der Waals surface area contributed by atoms with Crippen molar-refractivity contribution < 1.29 is 18.0 Å². The summed E-state index contributed by atoms with van der Waals surface area (Å²) in [6.45, 7) is 0. The molecule has 1 aromatic carbocycles.